The lowest BCUT2D eigenvalue weighted by Gasteiger charge is -2.50. The zero-order chi connectivity index (χ0) is 36.1. The molecule has 49 heavy (non-hydrogen) atoms. The SMILES string of the molecule is CCOC(=O)[C@H](COc1ccc(-c2cn(CCCN)c(=N)n2C)cc1)O/N=C(\C(=O)N[C@@H]1C(=O)N(OS(=O)(=O)O)C1(C)C)c1csc(N)n1. The van der Waals surface area contributed by atoms with Gasteiger partial charge in [0, 0.05) is 25.2 Å². The largest absolute Gasteiger partial charge is 0.489 e. The molecule has 0 aliphatic carbocycles. The number of rotatable bonds is 16. The standard InChI is InChI=1S/C28H37N9O10S2/c1-5-44-25(40)20(14-45-17-9-7-16(8-10-17)19-13-36(12-6-11-29)27(31)35(19)4)46-34-21(18-15-48-26(30)32-18)23(38)33-22-24(39)37(28(22,2)3)47-49(41,42)43/h7-10,13,15,20,22,31H,5-6,11-12,14,29H2,1-4H3,(H2,30,32)(H,33,38)(H,41,42,43)/b31-27?,34-21-/t20-,22+/m0/s1. The maximum absolute atomic E-state index is 13.4. The Morgan fingerprint density at radius 3 is 2.53 bits per heavy atom. The number of ether oxygens (including phenoxy) is 2. The van der Waals surface area contributed by atoms with Crippen LogP contribution in [0.15, 0.2) is 41.0 Å². The molecule has 2 amide bonds. The number of carbonyl (C=O) groups excluding carboxylic acids is 3. The first kappa shape index (κ1) is 37.0. The number of hydrogen-bond donors (Lipinski definition) is 5. The molecule has 1 aliphatic heterocycles. The Hall–Kier alpha value is -4.83. The highest BCUT2D eigenvalue weighted by Crippen LogP contribution is 2.33. The molecule has 2 aromatic heterocycles. The van der Waals surface area contributed by atoms with E-state index >= 15 is 0 Å². The molecule has 1 fully saturated rings. The van der Waals surface area contributed by atoms with Crippen molar-refractivity contribution < 1.29 is 45.9 Å². The van der Waals surface area contributed by atoms with Gasteiger partial charge in [0.25, 0.3) is 17.9 Å². The van der Waals surface area contributed by atoms with Gasteiger partial charge in [-0.1, -0.05) is 5.16 Å². The predicted molar refractivity (Wildman–Crippen MR) is 174 cm³/mol. The van der Waals surface area contributed by atoms with Crippen LogP contribution in [0.1, 0.15) is 32.9 Å². The zero-order valence-corrected chi connectivity index (χ0v) is 28.6. The topological polar surface area (TPSA) is 269 Å². The molecule has 7 N–H and O–H groups in total. The summed E-state index contributed by atoms with van der Waals surface area (Å²) in [7, 11) is -3.23. The molecule has 0 saturated carbocycles. The normalized spacial score (nSPS) is 16.5. The number of carbonyl (C=O) groups is 3. The number of aryl methyl sites for hydroxylation is 1. The van der Waals surface area contributed by atoms with Gasteiger partial charge in [0.05, 0.1) is 17.8 Å². The average molecular weight is 724 g/mol. The lowest BCUT2D eigenvalue weighted by Crippen LogP contribution is -2.76. The molecule has 2 atom stereocenters. The van der Waals surface area contributed by atoms with E-state index in [0.29, 0.717) is 29.5 Å². The summed E-state index contributed by atoms with van der Waals surface area (Å²) in [6.45, 7) is 5.10. The number of amides is 2. The van der Waals surface area contributed by atoms with Gasteiger partial charge >= 0.3 is 16.4 Å². The second kappa shape index (κ2) is 15.2. The first-order chi connectivity index (χ1) is 23.1. The molecule has 4 rings (SSSR count). The molecule has 1 aliphatic rings. The predicted octanol–water partition coefficient (Wildman–Crippen LogP) is -0.0680. The number of hydroxylamine groups is 2. The molecule has 266 valence electrons. The van der Waals surface area contributed by atoms with E-state index in [1.807, 2.05) is 6.20 Å². The van der Waals surface area contributed by atoms with Crippen LogP contribution in [0.5, 0.6) is 5.75 Å². The minimum absolute atomic E-state index is 0.00794. The molecular weight excluding hydrogens is 686 g/mol. The molecule has 0 bridgehead atoms. The van der Waals surface area contributed by atoms with E-state index in [0.717, 1.165) is 29.0 Å². The molecule has 21 heteroatoms. The van der Waals surface area contributed by atoms with Crippen molar-refractivity contribution >= 4 is 50.4 Å². The Labute approximate surface area is 284 Å². The van der Waals surface area contributed by atoms with Crippen molar-refractivity contribution in [1.82, 2.24) is 24.5 Å². The number of β-lactam (4-membered cyclic amide) rings is 1. The third-order valence-electron chi connectivity index (χ3n) is 7.31. The number of anilines is 1. The molecular formula is C28H37N9O10S2. The fourth-order valence-corrected chi connectivity index (χ4v) is 5.71. The van der Waals surface area contributed by atoms with Crippen molar-refractivity contribution in [2.24, 2.45) is 17.9 Å². The lowest BCUT2D eigenvalue weighted by atomic mass is 9.84. The van der Waals surface area contributed by atoms with Crippen molar-refractivity contribution in [3.8, 4) is 17.0 Å². The summed E-state index contributed by atoms with van der Waals surface area (Å²) < 4.78 is 50.0. The highest BCUT2D eigenvalue weighted by Gasteiger charge is 2.58. The van der Waals surface area contributed by atoms with Crippen LogP contribution < -0.4 is 27.1 Å². The van der Waals surface area contributed by atoms with E-state index < -0.39 is 51.6 Å². The van der Waals surface area contributed by atoms with Crippen molar-refractivity contribution in [3.63, 3.8) is 0 Å². The van der Waals surface area contributed by atoms with Gasteiger partial charge in [-0.15, -0.1) is 15.6 Å². The number of benzene rings is 1. The number of hydrogen-bond acceptors (Lipinski definition) is 15. The second-order valence-electron chi connectivity index (χ2n) is 11.1. The van der Waals surface area contributed by atoms with E-state index in [4.69, 9.17) is 35.7 Å². The maximum Gasteiger partial charge on any atom is 0.418 e. The van der Waals surface area contributed by atoms with Crippen molar-refractivity contribution in [3.05, 3.63) is 47.2 Å². The molecule has 3 heterocycles. The monoisotopic (exact) mass is 723 g/mol. The van der Waals surface area contributed by atoms with Crippen LogP contribution in [0, 0.1) is 5.41 Å². The third-order valence-corrected chi connectivity index (χ3v) is 8.32. The van der Waals surface area contributed by atoms with Gasteiger partial charge in [0.1, 0.15) is 24.1 Å². The number of imidazole rings is 1. The van der Waals surface area contributed by atoms with Crippen LogP contribution >= 0.6 is 11.3 Å². The van der Waals surface area contributed by atoms with E-state index in [9.17, 15) is 22.8 Å². The van der Waals surface area contributed by atoms with Gasteiger partial charge in [-0.2, -0.15) is 13.5 Å². The summed E-state index contributed by atoms with van der Waals surface area (Å²) >= 11 is 0.984. The fraction of sp³-hybridized carbons (Fsp3) is 0.429. The molecule has 0 unspecified atom stereocenters. The van der Waals surface area contributed by atoms with Crippen LogP contribution in [0.2, 0.25) is 0 Å². The Morgan fingerprint density at radius 2 is 1.96 bits per heavy atom. The fourth-order valence-electron chi connectivity index (χ4n) is 4.71. The smallest absolute Gasteiger partial charge is 0.418 e. The van der Waals surface area contributed by atoms with Gasteiger partial charge in [0.15, 0.2) is 10.8 Å². The average Bonchev–Trinajstić information content (AvgIpc) is 3.60. The number of nitrogens with two attached hydrogens (primary N) is 2. The van der Waals surface area contributed by atoms with Crippen LogP contribution in [0.25, 0.3) is 11.3 Å². The zero-order valence-electron chi connectivity index (χ0n) is 27.0. The lowest BCUT2D eigenvalue weighted by molar-refractivity contribution is -0.218. The first-order valence-corrected chi connectivity index (χ1v) is 17.0. The minimum Gasteiger partial charge on any atom is -0.489 e. The number of nitrogens with one attached hydrogen (secondary N) is 2. The summed E-state index contributed by atoms with van der Waals surface area (Å²) in [5, 5.41) is 16.5. The Kier molecular flexibility index (Phi) is 11.4. The summed E-state index contributed by atoms with van der Waals surface area (Å²) in [6, 6.07) is 5.61. The Balaban J connectivity index is 1.50. The number of esters is 1. The van der Waals surface area contributed by atoms with Crippen molar-refractivity contribution in [2.45, 2.75) is 51.4 Å². The van der Waals surface area contributed by atoms with E-state index in [1.165, 1.54) is 19.2 Å². The molecule has 0 radical (unpaired) electrons. The molecule has 0 spiro atoms. The van der Waals surface area contributed by atoms with Gasteiger partial charge in [-0.3, -0.25) is 19.6 Å². The van der Waals surface area contributed by atoms with Crippen LogP contribution in [-0.2, 0) is 52.2 Å². The highest BCUT2D eigenvalue weighted by molar-refractivity contribution is 7.80. The molecule has 1 saturated heterocycles. The van der Waals surface area contributed by atoms with Crippen molar-refractivity contribution in [2.75, 3.05) is 25.5 Å². The molecule has 1 aromatic carbocycles. The number of nitrogens with zero attached hydrogens (tertiary/aromatic N) is 5. The van der Waals surface area contributed by atoms with Gasteiger partial charge in [-0.05, 0) is 63.6 Å². The van der Waals surface area contributed by atoms with E-state index in [-0.39, 0.29) is 24.0 Å². The van der Waals surface area contributed by atoms with Gasteiger partial charge < -0.3 is 40.2 Å². The molecule has 3 aromatic rings. The summed E-state index contributed by atoms with van der Waals surface area (Å²) in [5.74, 6) is -2.43. The Bertz CT molecular complexity index is 1880. The number of thiazole rings is 1. The summed E-state index contributed by atoms with van der Waals surface area (Å²) in [4.78, 5) is 48.3. The summed E-state index contributed by atoms with van der Waals surface area (Å²) in [5.41, 5.74) is 11.4. The molecule has 19 nitrogen and oxygen atoms in total. The number of oxime groups is 1. The number of nitrogen functional groups attached to an aromatic ring is 1. The highest BCUT2D eigenvalue weighted by atomic mass is 32.3. The van der Waals surface area contributed by atoms with Crippen LogP contribution in [0.3, 0.4) is 0 Å². The first-order valence-electron chi connectivity index (χ1n) is 14.7. The quantitative estimate of drug-likeness (QED) is 0.0426. The van der Waals surface area contributed by atoms with Crippen LogP contribution in [-0.4, -0.2) is 93.1 Å². The van der Waals surface area contributed by atoms with Crippen molar-refractivity contribution in [1.29, 1.82) is 5.41 Å². The van der Waals surface area contributed by atoms with Crippen LogP contribution in [0.4, 0.5) is 5.13 Å². The van der Waals surface area contributed by atoms with Gasteiger partial charge in [-0.25, -0.2) is 9.78 Å². The van der Waals surface area contributed by atoms with Gasteiger partial charge in [0.2, 0.25) is 5.62 Å². The summed E-state index contributed by atoms with van der Waals surface area (Å²) in [6.07, 6.45) is 1.14. The number of aromatic nitrogens is 3. The Morgan fingerprint density at radius 1 is 1.27 bits per heavy atom. The third kappa shape index (κ3) is 8.61. The maximum atomic E-state index is 13.4. The van der Waals surface area contributed by atoms with E-state index in [2.05, 4.69) is 19.7 Å². The second-order valence-corrected chi connectivity index (χ2v) is 13.0. The van der Waals surface area contributed by atoms with E-state index in [1.54, 1.807) is 47.4 Å². The minimum atomic E-state index is -5.02.